The SMILES string of the molecule is CC(C)(C)c1cc(NS(=O)(=O)c2ccc(Br)cc2Br)n[nH]1. The molecular weight excluding hydrogens is 422 g/mol. The van der Waals surface area contributed by atoms with Crippen LogP contribution in [0.5, 0.6) is 0 Å². The normalized spacial score (nSPS) is 12.4. The Bertz CT molecular complexity index is 764. The molecule has 0 saturated heterocycles. The minimum atomic E-state index is -3.69. The molecule has 1 aromatic heterocycles. The third-order valence-electron chi connectivity index (χ3n) is 2.81. The molecule has 0 fully saturated rings. The Balaban J connectivity index is 2.31. The predicted molar refractivity (Wildman–Crippen MR) is 89.9 cm³/mol. The summed E-state index contributed by atoms with van der Waals surface area (Å²) in [6.07, 6.45) is 0. The molecule has 0 amide bonds. The summed E-state index contributed by atoms with van der Waals surface area (Å²) in [6.45, 7) is 6.05. The van der Waals surface area contributed by atoms with Gasteiger partial charge in [0.05, 0.1) is 0 Å². The molecule has 114 valence electrons. The second-order valence-electron chi connectivity index (χ2n) is 5.60. The van der Waals surface area contributed by atoms with Crippen LogP contribution in [-0.4, -0.2) is 18.6 Å². The van der Waals surface area contributed by atoms with Crippen LogP contribution in [0, 0.1) is 0 Å². The number of sulfonamides is 1. The first kappa shape index (κ1) is 16.5. The summed E-state index contributed by atoms with van der Waals surface area (Å²) in [4.78, 5) is 0.158. The number of H-pyrrole nitrogens is 1. The molecule has 0 bridgehead atoms. The van der Waals surface area contributed by atoms with Crippen LogP contribution in [0.2, 0.25) is 0 Å². The van der Waals surface area contributed by atoms with Crippen LogP contribution in [0.1, 0.15) is 26.5 Å². The van der Waals surface area contributed by atoms with Crippen LogP contribution in [0.4, 0.5) is 5.82 Å². The lowest BCUT2D eigenvalue weighted by atomic mass is 9.92. The van der Waals surface area contributed by atoms with Crippen molar-refractivity contribution in [1.82, 2.24) is 10.2 Å². The van der Waals surface area contributed by atoms with Gasteiger partial charge in [-0.05, 0) is 34.1 Å². The predicted octanol–water partition coefficient (Wildman–Crippen LogP) is 4.03. The zero-order valence-corrected chi connectivity index (χ0v) is 15.7. The van der Waals surface area contributed by atoms with E-state index >= 15 is 0 Å². The minimum Gasteiger partial charge on any atom is -0.280 e. The molecule has 0 aliphatic carbocycles. The summed E-state index contributed by atoms with van der Waals surface area (Å²) in [5.41, 5.74) is 0.726. The molecule has 0 spiro atoms. The second kappa shape index (κ2) is 5.73. The Labute approximate surface area is 140 Å². The van der Waals surface area contributed by atoms with Gasteiger partial charge in [0, 0.05) is 26.1 Å². The number of anilines is 1. The van der Waals surface area contributed by atoms with Gasteiger partial charge in [-0.15, -0.1) is 0 Å². The maximum Gasteiger partial charge on any atom is 0.264 e. The summed E-state index contributed by atoms with van der Waals surface area (Å²) in [7, 11) is -3.69. The maximum absolute atomic E-state index is 12.4. The molecule has 0 radical (unpaired) electrons. The van der Waals surface area contributed by atoms with E-state index in [1.165, 1.54) is 6.07 Å². The van der Waals surface area contributed by atoms with Gasteiger partial charge in [-0.25, -0.2) is 8.42 Å². The summed E-state index contributed by atoms with van der Waals surface area (Å²) in [5.74, 6) is 0.273. The van der Waals surface area contributed by atoms with Crippen molar-refractivity contribution in [1.29, 1.82) is 0 Å². The summed E-state index contributed by atoms with van der Waals surface area (Å²) >= 11 is 6.55. The van der Waals surface area contributed by atoms with E-state index in [2.05, 4.69) is 46.8 Å². The Morgan fingerprint density at radius 1 is 1.19 bits per heavy atom. The quantitative estimate of drug-likeness (QED) is 0.762. The van der Waals surface area contributed by atoms with E-state index in [0.29, 0.717) is 4.47 Å². The highest BCUT2D eigenvalue weighted by atomic mass is 79.9. The van der Waals surface area contributed by atoms with Gasteiger partial charge in [-0.2, -0.15) is 5.10 Å². The van der Waals surface area contributed by atoms with Crippen LogP contribution in [0.25, 0.3) is 0 Å². The number of aromatic amines is 1. The molecule has 5 nitrogen and oxygen atoms in total. The number of hydrogen-bond acceptors (Lipinski definition) is 3. The summed E-state index contributed by atoms with van der Waals surface area (Å²) in [6, 6.07) is 6.57. The lowest BCUT2D eigenvalue weighted by Gasteiger charge is -2.14. The number of nitrogens with zero attached hydrogens (tertiary/aromatic N) is 1. The maximum atomic E-state index is 12.4. The van der Waals surface area contributed by atoms with Gasteiger partial charge in [0.2, 0.25) is 0 Å². The molecule has 1 aromatic carbocycles. The van der Waals surface area contributed by atoms with Crippen molar-refractivity contribution in [2.24, 2.45) is 0 Å². The van der Waals surface area contributed by atoms with E-state index in [1.807, 2.05) is 20.8 Å². The van der Waals surface area contributed by atoms with Crippen LogP contribution < -0.4 is 4.72 Å². The Morgan fingerprint density at radius 3 is 2.38 bits per heavy atom. The molecule has 1 heterocycles. The van der Waals surface area contributed by atoms with Gasteiger partial charge in [-0.3, -0.25) is 9.82 Å². The van der Waals surface area contributed by atoms with Crippen molar-refractivity contribution in [3.05, 3.63) is 38.9 Å². The van der Waals surface area contributed by atoms with E-state index < -0.39 is 10.0 Å². The standard InChI is InChI=1S/C13H15Br2N3O2S/c1-13(2,3)11-7-12(17-16-11)18-21(19,20)10-5-4-8(14)6-9(10)15/h4-7H,1-3H3,(H2,16,17,18). The third kappa shape index (κ3) is 3.87. The second-order valence-corrected chi connectivity index (χ2v) is 9.02. The fraction of sp³-hybridized carbons (Fsp3) is 0.308. The molecule has 2 aromatic rings. The Kier molecular flexibility index (Phi) is 4.51. The fourth-order valence-electron chi connectivity index (χ4n) is 1.64. The third-order valence-corrected chi connectivity index (χ3v) is 5.63. The topological polar surface area (TPSA) is 74.8 Å². The molecule has 0 aliphatic heterocycles. The number of aromatic nitrogens is 2. The van der Waals surface area contributed by atoms with Crippen molar-refractivity contribution in [2.75, 3.05) is 4.72 Å². The molecule has 0 unspecified atom stereocenters. The zero-order valence-electron chi connectivity index (χ0n) is 11.7. The molecule has 21 heavy (non-hydrogen) atoms. The van der Waals surface area contributed by atoms with Gasteiger partial charge < -0.3 is 0 Å². The van der Waals surface area contributed by atoms with Crippen molar-refractivity contribution >= 4 is 47.7 Å². The summed E-state index contributed by atoms with van der Waals surface area (Å²) in [5, 5.41) is 6.85. The summed E-state index contributed by atoms with van der Waals surface area (Å²) < 4.78 is 28.5. The molecule has 0 saturated carbocycles. The monoisotopic (exact) mass is 435 g/mol. The first-order valence-electron chi connectivity index (χ1n) is 6.13. The highest BCUT2D eigenvalue weighted by molar-refractivity contribution is 9.11. The molecule has 0 aliphatic rings. The van der Waals surface area contributed by atoms with E-state index in [4.69, 9.17) is 0 Å². The van der Waals surface area contributed by atoms with Gasteiger partial charge in [0.15, 0.2) is 5.82 Å². The number of rotatable bonds is 3. The van der Waals surface area contributed by atoms with Crippen LogP contribution >= 0.6 is 31.9 Å². The van der Waals surface area contributed by atoms with Crippen molar-refractivity contribution in [3.63, 3.8) is 0 Å². The fourth-order valence-corrected chi connectivity index (χ4v) is 4.38. The van der Waals surface area contributed by atoms with Crippen molar-refractivity contribution in [2.45, 2.75) is 31.1 Å². The highest BCUT2D eigenvalue weighted by Gasteiger charge is 2.21. The minimum absolute atomic E-state index is 0.130. The zero-order chi connectivity index (χ0) is 15.8. The van der Waals surface area contributed by atoms with Crippen LogP contribution in [0.15, 0.2) is 38.1 Å². The van der Waals surface area contributed by atoms with E-state index in [0.717, 1.165) is 10.2 Å². The van der Waals surface area contributed by atoms with Gasteiger partial charge in [-0.1, -0.05) is 36.7 Å². The van der Waals surface area contributed by atoms with Crippen LogP contribution in [0.3, 0.4) is 0 Å². The molecule has 2 rings (SSSR count). The first-order chi connectivity index (χ1) is 9.59. The number of nitrogens with one attached hydrogen (secondary N) is 2. The van der Waals surface area contributed by atoms with E-state index in [-0.39, 0.29) is 16.1 Å². The smallest absolute Gasteiger partial charge is 0.264 e. The molecule has 0 atom stereocenters. The van der Waals surface area contributed by atoms with Crippen molar-refractivity contribution < 1.29 is 8.42 Å². The molecule has 8 heteroatoms. The van der Waals surface area contributed by atoms with Gasteiger partial charge in [0.25, 0.3) is 10.0 Å². The lowest BCUT2D eigenvalue weighted by Crippen LogP contribution is -2.14. The van der Waals surface area contributed by atoms with E-state index in [9.17, 15) is 8.42 Å². The largest absolute Gasteiger partial charge is 0.280 e. The average Bonchev–Trinajstić information content (AvgIpc) is 2.75. The number of hydrogen-bond donors (Lipinski definition) is 2. The Morgan fingerprint density at radius 2 is 1.86 bits per heavy atom. The average molecular weight is 437 g/mol. The molecule has 2 N–H and O–H groups in total. The number of benzene rings is 1. The number of halogens is 2. The van der Waals surface area contributed by atoms with Crippen LogP contribution in [-0.2, 0) is 15.4 Å². The Hall–Kier alpha value is -0.860. The first-order valence-corrected chi connectivity index (χ1v) is 9.20. The molecular formula is C13H15Br2N3O2S. The van der Waals surface area contributed by atoms with Gasteiger partial charge in [0.1, 0.15) is 4.90 Å². The van der Waals surface area contributed by atoms with E-state index in [1.54, 1.807) is 18.2 Å². The van der Waals surface area contributed by atoms with Gasteiger partial charge >= 0.3 is 0 Å². The highest BCUT2D eigenvalue weighted by Crippen LogP contribution is 2.28. The lowest BCUT2D eigenvalue weighted by molar-refractivity contribution is 0.567. The van der Waals surface area contributed by atoms with Crippen molar-refractivity contribution in [3.8, 4) is 0 Å².